The Morgan fingerprint density at radius 1 is 1.67 bits per heavy atom. The van der Waals surface area contributed by atoms with E-state index in [1.54, 1.807) is 0 Å². The zero-order valence-corrected chi connectivity index (χ0v) is 8.72. The lowest BCUT2D eigenvalue weighted by Gasteiger charge is -2.13. The summed E-state index contributed by atoms with van der Waals surface area (Å²) in [6, 6.07) is 3.64. The fraction of sp³-hybridized carbons (Fsp3) is 0.222. The summed E-state index contributed by atoms with van der Waals surface area (Å²) in [5.74, 6) is 4.19. The maximum Gasteiger partial charge on any atom is 0.274 e. The number of nitrogens with two attached hydrogens (primary N) is 1. The Bertz CT molecular complexity index is 373. The van der Waals surface area contributed by atoms with Crippen LogP contribution in [0.2, 0.25) is 5.02 Å². The SMILES string of the molecule is C[C@@H](Oc1ccc(F)cc1Cl)C(=O)NN. The van der Waals surface area contributed by atoms with Crippen molar-refractivity contribution in [3.05, 3.63) is 29.0 Å². The molecule has 0 unspecified atom stereocenters. The third-order valence-electron chi connectivity index (χ3n) is 1.71. The number of carbonyl (C=O) groups is 1. The second-order valence-electron chi connectivity index (χ2n) is 2.84. The standard InChI is InChI=1S/C9H10ClFN2O2/c1-5(9(14)13-12)15-8-3-2-6(11)4-7(8)10/h2-5H,12H2,1H3,(H,13,14)/t5-/m1/s1. The fourth-order valence-corrected chi connectivity index (χ4v) is 1.14. The quantitative estimate of drug-likeness (QED) is 0.468. The van der Waals surface area contributed by atoms with Crippen LogP contribution < -0.4 is 16.0 Å². The molecule has 1 aromatic carbocycles. The van der Waals surface area contributed by atoms with Gasteiger partial charge in [0.25, 0.3) is 5.91 Å². The van der Waals surface area contributed by atoms with E-state index in [-0.39, 0.29) is 10.8 Å². The summed E-state index contributed by atoms with van der Waals surface area (Å²) in [4.78, 5) is 11.0. The first-order valence-electron chi connectivity index (χ1n) is 4.16. The lowest BCUT2D eigenvalue weighted by Crippen LogP contribution is -2.40. The third-order valence-corrected chi connectivity index (χ3v) is 2.00. The molecule has 4 nitrogen and oxygen atoms in total. The van der Waals surface area contributed by atoms with Crippen LogP contribution in [0.1, 0.15) is 6.92 Å². The number of hydrogen-bond donors (Lipinski definition) is 2. The Morgan fingerprint density at radius 2 is 2.33 bits per heavy atom. The molecule has 0 saturated heterocycles. The molecule has 1 aromatic rings. The molecule has 0 aromatic heterocycles. The predicted molar refractivity (Wildman–Crippen MR) is 53.8 cm³/mol. The molecule has 0 radical (unpaired) electrons. The summed E-state index contributed by atoms with van der Waals surface area (Å²) in [6.45, 7) is 1.50. The highest BCUT2D eigenvalue weighted by atomic mass is 35.5. The van der Waals surface area contributed by atoms with E-state index in [1.807, 2.05) is 5.43 Å². The van der Waals surface area contributed by atoms with Gasteiger partial charge >= 0.3 is 0 Å². The lowest BCUT2D eigenvalue weighted by molar-refractivity contribution is -0.127. The number of halogens is 2. The van der Waals surface area contributed by atoms with E-state index in [9.17, 15) is 9.18 Å². The van der Waals surface area contributed by atoms with Crippen molar-refractivity contribution in [2.24, 2.45) is 5.84 Å². The van der Waals surface area contributed by atoms with Gasteiger partial charge in [-0.25, -0.2) is 10.2 Å². The lowest BCUT2D eigenvalue weighted by atomic mass is 10.3. The van der Waals surface area contributed by atoms with Crippen molar-refractivity contribution < 1.29 is 13.9 Å². The predicted octanol–water partition coefficient (Wildman–Crippen LogP) is 1.24. The molecule has 1 amide bonds. The van der Waals surface area contributed by atoms with Crippen LogP contribution in [-0.2, 0) is 4.79 Å². The van der Waals surface area contributed by atoms with Crippen molar-refractivity contribution in [2.75, 3.05) is 0 Å². The van der Waals surface area contributed by atoms with Crippen molar-refractivity contribution in [1.29, 1.82) is 0 Å². The third kappa shape index (κ3) is 3.07. The Hall–Kier alpha value is -1.33. The number of hydrazine groups is 1. The fourth-order valence-electron chi connectivity index (χ4n) is 0.932. The van der Waals surface area contributed by atoms with Crippen LogP contribution in [0.5, 0.6) is 5.75 Å². The molecule has 0 bridgehead atoms. The van der Waals surface area contributed by atoms with Gasteiger partial charge in [0.2, 0.25) is 0 Å². The van der Waals surface area contributed by atoms with Crippen LogP contribution in [-0.4, -0.2) is 12.0 Å². The van der Waals surface area contributed by atoms with Gasteiger partial charge in [0.05, 0.1) is 5.02 Å². The molecule has 15 heavy (non-hydrogen) atoms. The van der Waals surface area contributed by atoms with Gasteiger partial charge in [0.15, 0.2) is 6.10 Å². The van der Waals surface area contributed by atoms with E-state index in [2.05, 4.69) is 0 Å². The highest BCUT2D eigenvalue weighted by Gasteiger charge is 2.14. The number of ether oxygens (including phenoxy) is 1. The Labute approximate surface area is 91.1 Å². The van der Waals surface area contributed by atoms with Crippen LogP contribution in [0.25, 0.3) is 0 Å². The number of hydrogen-bond acceptors (Lipinski definition) is 3. The smallest absolute Gasteiger partial charge is 0.274 e. The van der Waals surface area contributed by atoms with Crippen LogP contribution in [0.4, 0.5) is 4.39 Å². The average molecular weight is 233 g/mol. The van der Waals surface area contributed by atoms with E-state index in [1.165, 1.54) is 19.1 Å². The minimum absolute atomic E-state index is 0.103. The van der Waals surface area contributed by atoms with Crippen molar-refractivity contribution in [2.45, 2.75) is 13.0 Å². The second-order valence-corrected chi connectivity index (χ2v) is 3.25. The van der Waals surface area contributed by atoms with Gasteiger partial charge in [-0.1, -0.05) is 11.6 Å². The second kappa shape index (κ2) is 4.95. The molecule has 0 heterocycles. The Morgan fingerprint density at radius 3 is 2.87 bits per heavy atom. The van der Waals surface area contributed by atoms with Gasteiger partial charge in [-0.2, -0.15) is 0 Å². The van der Waals surface area contributed by atoms with Crippen LogP contribution in [0.3, 0.4) is 0 Å². The molecule has 1 atom stereocenters. The topological polar surface area (TPSA) is 64.3 Å². The van der Waals surface area contributed by atoms with Crippen molar-refractivity contribution in [3.8, 4) is 5.75 Å². The largest absolute Gasteiger partial charge is 0.479 e. The highest BCUT2D eigenvalue weighted by molar-refractivity contribution is 6.32. The first-order chi connectivity index (χ1) is 7.04. The summed E-state index contributed by atoms with van der Waals surface area (Å²) >= 11 is 5.69. The molecule has 0 aliphatic rings. The monoisotopic (exact) mass is 232 g/mol. The number of nitrogens with one attached hydrogen (secondary N) is 1. The van der Waals surface area contributed by atoms with Crippen molar-refractivity contribution in [3.63, 3.8) is 0 Å². The summed E-state index contributed by atoms with van der Waals surface area (Å²) in [7, 11) is 0. The molecule has 0 aliphatic heterocycles. The molecular weight excluding hydrogens is 223 g/mol. The summed E-state index contributed by atoms with van der Waals surface area (Å²) in [5, 5.41) is 0.103. The van der Waals surface area contributed by atoms with Crippen molar-refractivity contribution >= 4 is 17.5 Å². The minimum atomic E-state index is -0.794. The summed E-state index contributed by atoms with van der Waals surface area (Å²) in [5.41, 5.74) is 1.93. The number of benzene rings is 1. The molecule has 0 spiro atoms. The number of amides is 1. The molecule has 0 saturated carbocycles. The Kier molecular flexibility index (Phi) is 3.88. The zero-order chi connectivity index (χ0) is 11.4. The molecule has 0 fully saturated rings. The van der Waals surface area contributed by atoms with E-state index < -0.39 is 17.8 Å². The van der Waals surface area contributed by atoms with Crippen LogP contribution >= 0.6 is 11.6 Å². The van der Waals surface area contributed by atoms with E-state index in [0.717, 1.165) is 6.07 Å². The van der Waals surface area contributed by atoms with Gasteiger partial charge in [-0.15, -0.1) is 0 Å². The minimum Gasteiger partial charge on any atom is -0.479 e. The number of rotatable bonds is 3. The van der Waals surface area contributed by atoms with E-state index in [0.29, 0.717) is 0 Å². The van der Waals surface area contributed by atoms with Gasteiger partial charge in [-0.3, -0.25) is 10.2 Å². The van der Waals surface area contributed by atoms with Gasteiger partial charge in [0.1, 0.15) is 11.6 Å². The van der Waals surface area contributed by atoms with Gasteiger partial charge < -0.3 is 4.74 Å². The van der Waals surface area contributed by atoms with E-state index >= 15 is 0 Å². The first kappa shape index (κ1) is 11.7. The highest BCUT2D eigenvalue weighted by Crippen LogP contribution is 2.25. The maximum absolute atomic E-state index is 12.7. The zero-order valence-electron chi connectivity index (χ0n) is 7.96. The summed E-state index contributed by atoms with van der Waals surface area (Å²) < 4.78 is 17.8. The molecule has 0 aliphatic carbocycles. The van der Waals surface area contributed by atoms with Gasteiger partial charge in [-0.05, 0) is 25.1 Å². The van der Waals surface area contributed by atoms with Crippen molar-refractivity contribution in [1.82, 2.24) is 5.43 Å². The summed E-state index contributed by atoms with van der Waals surface area (Å²) in [6.07, 6.45) is -0.794. The average Bonchev–Trinajstić information content (AvgIpc) is 2.20. The molecule has 6 heteroatoms. The molecule has 1 rings (SSSR count). The normalized spacial score (nSPS) is 12.0. The van der Waals surface area contributed by atoms with E-state index in [4.69, 9.17) is 22.2 Å². The molecule has 3 N–H and O–H groups in total. The first-order valence-corrected chi connectivity index (χ1v) is 4.54. The Balaban J connectivity index is 2.76. The van der Waals surface area contributed by atoms with Gasteiger partial charge in [0, 0.05) is 0 Å². The maximum atomic E-state index is 12.7. The number of carbonyl (C=O) groups excluding carboxylic acids is 1. The molecule has 82 valence electrons. The van der Waals surface area contributed by atoms with Crippen LogP contribution in [0, 0.1) is 5.82 Å². The molecular formula is C9H10ClFN2O2. The van der Waals surface area contributed by atoms with Crippen LogP contribution in [0.15, 0.2) is 18.2 Å².